The number of hydrogen-bond acceptors (Lipinski definition) is 3. The van der Waals surface area contributed by atoms with E-state index >= 15 is 0 Å². The molecule has 0 unspecified atom stereocenters. The largest absolute Gasteiger partial charge is 0.329 e. The average molecular weight is 373 g/mol. The second kappa shape index (κ2) is 9.74. The number of benzene rings is 2. The van der Waals surface area contributed by atoms with Crippen molar-refractivity contribution in [3.63, 3.8) is 0 Å². The van der Waals surface area contributed by atoms with E-state index in [1.165, 1.54) is 16.4 Å². The summed E-state index contributed by atoms with van der Waals surface area (Å²) in [7, 11) is -3.62. The van der Waals surface area contributed by atoms with E-state index in [4.69, 9.17) is 5.73 Å². The van der Waals surface area contributed by atoms with E-state index in [9.17, 15) is 12.8 Å². The van der Waals surface area contributed by atoms with Gasteiger partial charge in [-0.25, -0.2) is 17.1 Å². The molecule has 2 rings (SSSR count). The lowest BCUT2D eigenvalue weighted by Crippen LogP contribution is -2.37. The third-order valence-corrected chi connectivity index (χ3v) is 5.39. The van der Waals surface area contributed by atoms with Crippen molar-refractivity contribution >= 4 is 22.4 Å². The third-order valence-electron chi connectivity index (χ3n) is 3.56. The summed E-state index contributed by atoms with van der Waals surface area (Å²) in [4.78, 5) is 0. The van der Waals surface area contributed by atoms with Gasteiger partial charge in [-0.05, 0) is 18.1 Å². The van der Waals surface area contributed by atoms with Gasteiger partial charge in [0.2, 0.25) is 10.0 Å². The highest BCUT2D eigenvalue weighted by atomic mass is 35.5. The molecule has 0 amide bonds. The predicted octanol–water partition coefficient (Wildman–Crippen LogP) is 2.58. The Morgan fingerprint density at radius 3 is 2.21 bits per heavy atom. The first-order valence-electron chi connectivity index (χ1n) is 7.48. The average Bonchev–Trinajstić information content (AvgIpc) is 2.54. The lowest BCUT2D eigenvalue weighted by atomic mass is 10.1. The molecule has 0 saturated carbocycles. The number of nitrogens with two attached hydrogens (primary N) is 1. The molecule has 0 heterocycles. The third kappa shape index (κ3) is 5.87. The fraction of sp³-hybridized carbons (Fsp3) is 0.294. The van der Waals surface area contributed by atoms with Crippen LogP contribution >= 0.6 is 12.4 Å². The highest BCUT2D eigenvalue weighted by Crippen LogP contribution is 2.15. The van der Waals surface area contributed by atoms with E-state index in [1.807, 2.05) is 30.3 Å². The van der Waals surface area contributed by atoms with Crippen LogP contribution in [0, 0.1) is 5.82 Å². The summed E-state index contributed by atoms with van der Waals surface area (Å²) in [6.45, 7) is 0.785. The summed E-state index contributed by atoms with van der Waals surface area (Å²) in [5.74, 6) is -0.860. The predicted molar refractivity (Wildman–Crippen MR) is 97.0 cm³/mol. The molecule has 0 aliphatic heterocycles. The van der Waals surface area contributed by atoms with E-state index in [2.05, 4.69) is 0 Å². The molecule has 0 spiro atoms. The van der Waals surface area contributed by atoms with E-state index in [0.717, 1.165) is 5.56 Å². The normalized spacial score (nSPS) is 11.3. The Labute approximate surface area is 148 Å². The molecule has 0 aliphatic carbocycles. The van der Waals surface area contributed by atoms with Crippen molar-refractivity contribution in [1.29, 1.82) is 0 Å². The molecular formula is C17H22ClFN2O2S. The summed E-state index contributed by atoms with van der Waals surface area (Å²) in [6.07, 6.45) is 0.595. The molecular weight excluding hydrogens is 351 g/mol. The molecule has 2 N–H and O–H groups in total. The van der Waals surface area contributed by atoms with E-state index in [1.54, 1.807) is 12.1 Å². The van der Waals surface area contributed by atoms with Crippen LogP contribution in [0.1, 0.15) is 11.1 Å². The first-order valence-corrected chi connectivity index (χ1v) is 9.09. The first kappa shape index (κ1) is 20.6. The topological polar surface area (TPSA) is 63.4 Å². The Balaban J connectivity index is 0.00000288. The van der Waals surface area contributed by atoms with Crippen LogP contribution in [-0.2, 0) is 22.2 Å². The van der Waals surface area contributed by atoms with Crippen molar-refractivity contribution in [2.24, 2.45) is 5.73 Å². The molecule has 0 atom stereocenters. The zero-order valence-corrected chi connectivity index (χ0v) is 14.9. The lowest BCUT2D eigenvalue weighted by Gasteiger charge is -2.21. The van der Waals surface area contributed by atoms with Crippen molar-refractivity contribution in [1.82, 2.24) is 4.31 Å². The van der Waals surface area contributed by atoms with Crippen LogP contribution in [0.2, 0.25) is 0 Å². The summed E-state index contributed by atoms with van der Waals surface area (Å²) in [5.41, 5.74) is 6.76. The number of hydrogen-bond donors (Lipinski definition) is 1. The van der Waals surface area contributed by atoms with E-state index in [0.29, 0.717) is 13.0 Å². The molecule has 24 heavy (non-hydrogen) atoms. The van der Waals surface area contributed by atoms with Gasteiger partial charge in [0.25, 0.3) is 0 Å². The summed E-state index contributed by atoms with van der Waals surface area (Å²) < 4.78 is 40.2. The Morgan fingerprint density at radius 1 is 0.958 bits per heavy atom. The highest BCUT2D eigenvalue weighted by molar-refractivity contribution is 7.88. The van der Waals surface area contributed by atoms with E-state index < -0.39 is 15.8 Å². The second-order valence-corrected chi connectivity index (χ2v) is 7.24. The van der Waals surface area contributed by atoms with Crippen molar-refractivity contribution < 1.29 is 12.8 Å². The second-order valence-electron chi connectivity index (χ2n) is 5.27. The van der Waals surface area contributed by atoms with Crippen molar-refractivity contribution in [2.75, 3.05) is 19.6 Å². The monoisotopic (exact) mass is 372 g/mol. The van der Waals surface area contributed by atoms with Crippen LogP contribution in [0.15, 0.2) is 54.6 Å². The van der Waals surface area contributed by atoms with Gasteiger partial charge >= 0.3 is 0 Å². The molecule has 0 saturated heterocycles. The van der Waals surface area contributed by atoms with Gasteiger partial charge in [0, 0.05) is 25.2 Å². The Bertz CT molecular complexity index is 726. The molecule has 0 bridgehead atoms. The summed E-state index contributed by atoms with van der Waals surface area (Å²) >= 11 is 0. The number of halogens is 2. The van der Waals surface area contributed by atoms with Gasteiger partial charge in [-0.15, -0.1) is 12.4 Å². The summed E-state index contributed by atoms with van der Waals surface area (Å²) in [5, 5.41) is 0. The lowest BCUT2D eigenvalue weighted by molar-refractivity contribution is 0.420. The minimum atomic E-state index is -3.62. The Hall–Kier alpha value is -1.47. The highest BCUT2D eigenvalue weighted by Gasteiger charge is 2.23. The Kier molecular flexibility index (Phi) is 8.35. The number of nitrogens with zero attached hydrogens (tertiary/aromatic N) is 1. The molecule has 0 fully saturated rings. The van der Waals surface area contributed by atoms with E-state index in [-0.39, 0.29) is 36.8 Å². The molecule has 0 aromatic heterocycles. The fourth-order valence-corrected chi connectivity index (χ4v) is 3.90. The van der Waals surface area contributed by atoms with Crippen molar-refractivity contribution in [3.05, 3.63) is 71.5 Å². The van der Waals surface area contributed by atoms with Crippen molar-refractivity contribution in [2.45, 2.75) is 12.2 Å². The van der Waals surface area contributed by atoms with Crippen LogP contribution in [0.3, 0.4) is 0 Å². The zero-order valence-electron chi connectivity index (χ0n) is 13.3. The van der Waals surface area contributed by atoms with Gasteiger partial charge in [0.15, 0.2) is 0 Å². The quantitative estimate of drug-likeness (QED) is 0.774. The van der Waals surface area contributed by atoms with Gasteiger partial charge in [0.05, 0.1) is 5.75 Å². The van der Waals surface area contributed by atoms with Crippen LogP contribution in [-0.4, -0.2) is 32.4 Å². The molecule has 2 aromatic rings. The molecule has 0 aliphatic rings. The molecule has 2 aromatic carbocycles. The molecule has 7 heteroatoms. The standard InChI is InChI=1S/C17H21FN2O2S.ClH/c18-17-9-5-4-8-16(17)14-23(21,22)20(13-11-19)12-10-15-6-2-1-3-7-15;/h1-9H,10-14,19H2;1H. The van der Waals surface area contributed by atoms with Gasteiger partial charge in [0.1, 0.15) is 5.82 Å². The maximum atomic E-state index is 13.7. The molecule has 132 valence electrons. The number of rotatable bonds is 8. The van der Waals surface area contributed by atoms with Gasteiger partial charge in [-0.3, -0.25) is 0 Å². The van der Waals surface area contributed by atoms with Crippen LogP contribution in [0.5, 0.6) is 0 Å². The minimum Gasteiger partial charge on any atom is -0.329 e. The van der Waals surface area contributed by atoms with Crippen LogP contribution in [0.4, 0.5) is 4.39 Å². The number of sulfonamides is 1. The SMILES string of the molecule is Cl.NCCN(CCc1ccccc1)S(=O)(=O)Cc1ccccc1F. The van der Waals surface area contributed by atoms with Gasteiger partial charge in [-0.1, -0.05) is 48.5 Å². The smallest absolute Gasteiger partial charge is 0.218 e. The maximum absolute atomic E-state index is 13.7. The van der Waals surface area contributed by atoms with Crippen LogP contribution < -0.4 is 5.73 Å². The minimum absolute atomic E-state index is 0. The zero-order chi connectivity index (χ0) is 16.7. The first-order chi connectivity index (χ1) is 11.0. The van der Waals surface area contributed by atoms with Crippen molar-refractivity contribution in [3.8, 4) is 0 Å². The van der Waals surface area contributed by atoms with Gasteiger partial charge in [-0.2, -0.15) is 0 Å². The van der Waals surface area contributed by atoms with Crippen LogP contribution in [0.25, 0.3) is 0 Å². The van der Waals surface area contributed by atoms with Gasteiger partial charge < -0.3 is 5.73 Å². The summed E-state index contributed by atoms with van der Waals surface area (Å²) in [6, 6.07) is 15.6. The molecule has 4 nitrogen and oxygen atoms in total. The maximum Gasteiger partial charge on any atom is 0.218 e. The fourth-order valence-electron chi connectivity index (χ4n) is 2.34. The Morgan fingerprint density at radius 2 is 1.58 bits per heavy atom. The molecule has 0 radical (unpaired) electrons.